The van der Waals surface area contributed by atoms with E-state index in [2.05, 4.69) is 5.32 Å². The van der Waals surface area contributed by atoms with Gasteiger partial charge in [-0.15, -0.1) is 0 Å². The molecule has 0 aromatic heterocycles. The summed E-state index contributed by atoms with van der Waals surface area (Å²) in [5.74, 6) is 0.740. The first-order valence-electron chi connectivity index (χ1n) is 7.45. The number of methoxy groups -OCH3 is 1. The van der Waals surface area contributed by atoms with Gasteiger partial charge in [0.15, 0.2) is 6.10 Å². The van der Waals surface area contributed by atoms with E-state index in [-0.39, 0.29) is 11.7 Å². The molecule has 2 aromatic rings. The number of hydrogen-bond donors (Lipinski definition) is 1. The maximum atomic E-state index is 12.9. The molecule has 1 atom stereocenters. The van der Waals surface area contributed by atoms with Gasteiger partial charge < -0.3 is 14.8 Å². The van der Waals surface area contributed by atoms with Crippen molar-refractivity contribution in [1.29, 1.82) is 0 Å². The Morgan fingerprint density at radius 1 is 1.17 bits per heavy atom. The molecule has 2 aromatic carbocycles. The molecule has 0 aliphatic carbocycles. The van der Waals surface area contributed by atoms with E-state index in [1.165, 1.54) is 12.1 Å². The largest absolute Gasteiger partial charge is 0.497 e. The predicted octanol–water partition coefficient (Wildman–Crippen LogP) is 3.31. The Kier molecular flexibility index (Phi) is 5.97. The lowest BCUT2D eigenvalue weighted by Gasteiger charge is -2.17. The molecule has 1 amide bonds. The summed E-state index contributed by atoms with van der Waals surface area (Å²) in [6, 6.07) is 13.1. The van der Waals surface area contributed by atoms with Gasteiger partial charge in [0.1, 0.15) is 17.3 Å². The Morgan fingerprint density at radius 2 is 1.87 bits per heavy atom. The molecule has 0 aliphatic rings. The van der Waals surface area contributed by atoms with Crippen LogP contribution in [0.2, 0.25) is 0 Å². The molecule has 0 spiro atoms. The van der Waals surface area contributed by atoms with Crippen molar-refractivity contribution in [2.24, 2.45) is 0 Å². The molecule has 4 nitrogen and oxygen atoms in total. The van der Waals surface area contributed by atoms with E-state index in [1.54, 1.807) is 37.4 Å². The van der Waals surface area contributed by atoms with Gasteiger partial charge in [-0.3, -0.25) is 4.79 Å². The molecule has 0 fully saturated rings. The van der Waals surface area contributed by atoms with E-state index in [4.69, 9.17) is 9.47 Å². The number of amides is 1. The summed E-state index contributed by atoms with van der Waals surface area (Å²) in [5, 5.41) is 2.80. The minimum Gasteiger partial charge on any atom is -0.497 e. The Morgan fingerprint density at radius 3 is 2.52 bits per heavy atom. The van der Waals surface area contributed by atoms with Crippen LogP contribution in [0.5, 0.6) is 11.5 Å². The second-order valence-corrected chi connectivity index (χ2v) is 5.04. The van der Waals surface area contributed by atoms with Crippen molar-refractivity contribution in [2.45, 2.75) is 26.0 Å². The first-order chi connectivity index (χ1) is 11.1. The molecule has 1 N–H and O–H groups in total. The summed E-state index contributed by atoms with van der Waals surface area (Å²) < 4.78 is 23.7. The maximum Gasteiger partial charge on any atom is 0.261 e. The predicted molar refractivity (Wildman–Crippen MR) is 85.9 cm³/mol. The van der Waals surface area contributed by atoms with E-state index in [0.29, 0.717) is 24.5 Å². The fourth-order valence-corrected chi connectivity index (χ4v) is 2.07. The van der Waals surface area contributed by atoms with Gasteiger partial charge in [-0.1, -0.05) is 25.1 Å². The summed E-state index contributed by atoms with van der Waals surface area (Å²) >= 11 is 0. The molecule has 1 unspecified atom stereocenters. The number of rotatable bonds is 7. The summed E-state index contributed by atoms with van der Waals surface area (Å²) in [6.45, 7) is 2.21. The topological polar surface area (TPSA) is 47.6 Å². The highest BCUT2D eigenvalue weighted by molar-refractivity contribution is 5.81. The van der Waals surface area contributed by atoms with Crippen LogP contribution in [0.4, 0.5) is 4.39 Å². The molecule has 0 aliphatic heterocycles. The van der Waals surface area contributed by atoms with E-state index >= 15 is 0 Å². The maximum absolute atomic E-state index is 12.9. The van der Waals surface area contributed by atoms with Crippen molar-refractivity contribution >= 4 is 5.91 Å². The van der Waals surface area contributed by atoms with Crippen LogP contribution in [0.1, 0.15) is 18.9 Å². The third-order valence-corrected chi connectivity index (χ3v) is 3.36. The van der Waals surface area contributed by atoms with Crippen LogP contribution in [-0.4, -0.2) is 19.1 Å². The lowest BCUT2D eigenvalue weighted by molar-refractivity contribution is -0.128. The Hall–Kier alpha value is -2.56. The Balaban J connectivity index is 1.93. The third kappa shape index (κ3) is 4.98. The summed E-state index contributed by atoms with van der Waals surface area (Å²) in [4.78, 5) is 12.2. The third-order valence-electron chi connectivity index (χ3n) is 3.36. The minimum atomic E-state index is -0.595. The Bertz CT molecular complexity index is 643. The molecule has 23 heavy (non-hydrogen) atoms. The monoisotopic (exact) mass is 317 g/mol. The molecular weight excluding hydrogens is 297 g/mol. The van der Waals surface area contributed by atoms with Gasteiger partial charge >= 0.3 is 0 Å². The van der Waals surface area contributed by atoms with E-state index in [9.17, 15) is 9.18 Å². The zero-order valence-corrected chi connectivity index (χ0v) is 13.2. The van der Waals surface area contributed by atoms with Gasteiger partial charge in [0.2, 0.25) is 0 Å². The quantitative estimate of drug-likeness (QED) is 0.852. The number of halogens is 1. The molecule has 0 radical (unpaired) electrons. The average Bonchev–Trinajstić information content (AvgIpc) is 2.59. The number of benzene rings is 2. The van der Waals surface area contributed by atoms with Crippen molar-refractivity contribution in [3.63, 3.8) is 0 Å². The average molecular weight is 317 g/mol. The van der Waals surface area contributed by atoms with E-state index in [1.807, 2.05) is 13.0 Å². The molecule has 0 bridgehead atoms. The van der Waals surface area contributed by atoms with Crippen LogP contribution in [0.3, 0.4) is 0 Å². The summed E-state index contributed by atoms with van der Waals surface area (Å²) in [5.41, 5.74) is 0.830. The highest BCUT2D eigenvalue weighted by atomic mass is 19.1. The van der Waals surface area contributed by atoms with Crippen LogP contribution in [-0.2, 0) is 11.3 Å². The van der Waals surface area contributed by atoms with Crippen molar-refractivity contribution in [2.75, 3.05) is 7.11 Å². The first-order valence-corrected chi connectivity index (χ1v) is 7.45. The van der Waals surface area contributed by atoms with E-state index < -0.39 is 6.10 Å². The zero-order valence-electron chi connectivity index (χ0n) is 13.2. The smallest absolute Gasteiger partial charge is 0.261 e. The number of hydrogen-bond acceptors (Lipinski definition) is 3. The van der Waals surface area contributed by atoms with Gasteiger partial charge in [-0.25, -0.2) is 4.39 Å². The van der Waals surface area contributed by atoms with Crippen LogP contribution in [0.25, 0.3) is 0 Å². The number of ether oxygens (including phenoxy) is 2. The number of nitrogens with one attached hydrogen (secondary N) is 1. The van der Waals surface area contributed by atoms with Crippen LogP contribution in [0, 0.1) is 5.82 Å². The standard InChI is InChI=1S/C18H20FNO3/c1-3-17(23-16-6-4-5-15(11-16)22-2)18(21)20-12-13-7-9-14(19)10-8-13/h4-11,17H,3,12H2,1-2H3,(H,20,21). The van der Waals surface area contributed by atoms with Gasteiger partial charge in [0, 0.05) is 12.6 Å². The van der Waals surface area contributed by atoms with Gasteiger partial charge in [0.05, 0.1) is 7.11 Å². The van der Waals surface area contributed by atoms with Gasteiger partial charge in [-0.05, 0) is 36.2 Å². The minimum absolute atomic E-state index is 0.209. The van der Waals surface area contributed by atoms with Gasteiger partial charge in [0.25, 0.3) is 5.91 Å². The lowest BCUT2D eigenvalue weighted by Crippen LogP contribution is -2.37. The Labute approximate surface area is 135 Å². The second-order valence-electron chi connectivity index (χ2n) is 5.04. The van der Waals surface area contributed by atoms with Gasteiger partial charge in [-0.2, -0.15) is 0 Å². The van der Waals surface area contributed by atoms with Crippen molar-refractivity contribution in [1.82, 2.24) is 5.32 Å². The van der Waals surface area contributed by atoms with E-state index in [0.717, 1.165) is 5.56 Å². The highest BCUT2D eigenvalue weighted by Gasteiger charge is 2.18. The molecule has 0 saturated heterocycles. The number of carbonyl (C=O) groups excluding carboxylic acids is 1. The number of carbonyl (C=O) groups is 1. The fourth-order valence-electron chi connectivity index (χ4n) is 2.07. The van der Waals surface area contributed by atoms with Crippen LogP contribution < -0.4 is 14.8 Å². The lowest BCUT2D eigenvalue weighted by atomic mass is 10.2. The second kappa shape index (κ2) is 8.17. The molecular formula is C18H20FNO3. The molecule has 0 heterocycles. The molecule has 122 valence electrons. The van der Waals surface area contributed by atoms with Crippen molar-refractivity contribution < 1.29 is 18.7 Å². The van der Waals surface area contributed by atoms with Crippen LogP contribution >= 0.6 is 0 Å². The summed E-state index contributed by atoms with van der Waals surface area (Å²) in [7, 11) is 1.58. The van der Waals surface area contributed by atoms with Crippen LogP contribution in [0.15, 0.2) is 48.5 Å². The van der Waals surface area contributed by atoms with Crippen molar-refractivity contribution in [3.05, 3.63) is 59.9 Å². The zero-order chi connectivity index (χ0) is 16.7. The highest BCUT2D eigenvalue weighted by Crippen LogP contribution is 2.20. The van der Waals surface area contributed by atoms with Crippen molar-refractivity contribution in [3.8, 4) is 11.5 Å². The molecule has 5 heteroatoms. The molecule has 2 rings (SSSR count). The summed E-state index contributed by atoms with van der Waals surface area (Å²) in [6.07, 6.45) is -0.0607. The normalized spacial score (nSPS) is 11.6. The molecule has 0 saturated carbocycles. The first kappa shape index (κ1) is 16.8. The fraction of sp³-hybridized carbons (Fsp3) is 0.278. The SMILES string of the molecule is CCC(Oc1cccc(OC)c1)C(=O)NCc1ccc(F)cc1.